The summed E-state index contributed by atoms with van der Waals surface area (Å²) in [6.45, 7) is 6.55. The number of pyridine rings is 1. The molecule has 0 radical (unpaired) electrons. The Labute approximate surface area is 193 Å². The summed E-state index contributed by atoms with van der Waals surface area (Å²) in [6, 6.07) is 3.43. The van der Waals surface area contributed by atoms with Gasteiger partial charge in [0.1, 0.15) is 17.7 Å². The predicted molar refractivity (Wildman–Crippen MR) is 127 cm³/mol. The Balaban J connectivity index is 1.71. The minimum atomic E-state index is -1.02. The molecule has 5 N–H and O–H groups in total. The zero-order valence-corrected chi connectivity index (χ0v) is 19.4. The van der Waals surface area contributed by atoms with Gasteiger partial charge in [0.15, 0.2) is 5.58 Å². The van der Waals surface area contributed by atoms with Crippen molar-refractivity contribution in [1.29, 1.82) is 0 Å². The third-order valence-corrected chi connectivity index (χ3v) is 6.30. The molecule has 4 unspecified atom stereocenters. The zero-order chi connectivity index (χ0) is 23.5. The minimum Gasteiger partial charge on any atom is -0.454 e. The van der Waals surface area contributed by atoms with E-state index in [1.807, 2.05) is 26.0 Å². The minimum absolute atomic E-state index is 0.188. The predicted octanol–water partition coefficient (Wildman–Crippen LogP) is 3.02. The summed E-state index contributed by atoms with van der Waals surface area (Å²) in [5, 5.41) is 37.9. The highest BCUT2D eigenvalue weighted by molar-refractivity contribution is 5.86. The molecular formula is C24H33N5O4. The monoisotopic (exact) mass is 455 g/mol. The van der Waals surface area contributed by atoms with Gasteiger partial charge in [0.2, 0.25) is 5.95 Å². The third-order valence-electron chi connectivity index (χ3n) is 6.30. The molecule has 0 amide bonds. The fourth-order valence-corrected chi connectivity index (χ4v) is 4.43. The van der Waals surface area contributed by atoms with Gasteiger partial charge < -0.3 is 30.4 Å². The molecule has 1 fully saturated rings. The van der Waals surface area contributed by atoms with Crippen molar-refractivity contribution in [1.82, 2.24) is 15.0 Å². The molecular weight excluding hydrogens is 422 g/mol. The van der Waals surface area contributed by atoms with Crippen LogP contribution in [-0.2, 0) is 0 Å². The Hall–Kier alpha value is -2.75. The number of rotatable bonds is 9. The highest BCUT2D eigenvalue weighted by Crippen LogP contribution is 2.37. The lowest BCUT2D eigenvalue weighted by atomic mass is 10.1. The van der Waals surface area contributed by atoms with E-state index in [-0.39, 0.29) is 6.61 Å². The molecule has 1 aliphatic rings. The van der Waals surface area contributed by atoms with Gasteiger partial charge in [-0.2, -0.15) is 4.98 Å². The summed E-state index contributed by atoms with van der Waals surface area (Å²) in [4.78, 5) is 13.7. The number of fused-ring (bicyclic) bond motifs is 1. The third kappa shape index (κ3) is 4.95. The van der Waals surface area contributed by atoms with Gasteiger partial charge in [0.25, 0.3) is 0 Å². The van der Waals surface area contributed by atoms with Crippen LogP contribution < -0.4 is 10.6 Å². The second-order valence-corrected chi connectivity index (χ2v) is 8.87. The Morgan fingerprint density at radius 1 is 1.12 bits per heavy atom. The lowest BCUT2D eigenvalue weighted by molar-refractivity contribution is 0.00446. The number of furan rings is 1. The van der Waals surface area contributed by atoms with Gasteiger partial charge in [-0.25, -0.2) is 4.98 Å². The number of nitrogens with one attached hydrogen (secondary N) is 2. The first-order valence-corrected chi connectivity index (χ1v) is 11.6. The molecule has 1 saturated carbocycles. The number of unbranched alkanes of at least 4 members (excludes halogenated alkanes) is 2. The first kappa shape index (κ1) is 23.4. The van der Waals surface area contributed by atoms with Gasteiger partial charge in [-0.3, -0.25) is 4.98 Å². The molecule has 0 spiro atoms. The second kappa shape index (κ2) is 10.0. The van der Waals surface area contributed by atoms with Gasteiger partial charge >= 0.3 is 0 Å². The summed E-state index contributed by atoms with van der Waals surface area (Å²) < 4.78 is 6.08. The first-order chi connectivity index (χ1) is 15.9. The van der Waals surface area contributed by atoms with Crippen molar-refractivity contribution in [3.8, 4) is 11.3 Å². The Morgan fingerprint density at radius 2 is 1.94 bits per heavy atom. The van der Waals surface area contributed by atoms with Gasteiger partial charge in [0, 0.05) is 30.1 Å². The number of aliphatic hydroxyl groups excluding tert-OH is 3. The number of aromatic nitrogens is 3. The van der Waals surface area contributed by atoms with Crippen LogP contribution in [0.25, 0.3) is 22.3 Å². The molecule has 9 nitrogen and oxygen atoms in total. The van der Waals surface area contributed by atoms with E-state index in [1.165, 1.54) is 0 Å². The van der Waals surface area contributed by atoms with Crippen LogP contribution in [0.1, 0.15) is 44.0 Å². The van der Waals surface area contributed by atoms with E-state index >= 15 is 0 Å². The van der Waals surface area contributed by atoms with Crippen molar-refractivity contribution in [3.05, 3.63) is 29.7 Å². The van der Waals surface area contributed by atoms with Crippen LogP contribution in [0.5, 0.6) is 0 Å². The molecule has 1 aliphatic carbocycles. The normalized spacial score (nSPS) is 22.7. The van der Waals surface area contributed by atoms with Crippen molar-refractivity contribution in [2.45, 2.75) is 64.7 Å². The van der Waals surface area contributed by atoms with Gasteiger partial charge in [-0.15, -0.1) is 0 Å². The largest absolute Gasteiger partial charge is 0.454 e. The van der Waals surface area contributed by atoms with E-state index in [0.29, 0.717) is 35.1 Å². The standard InChI is InChI=1S/C24H33N5O4/c1-4-5-6-7-25-24-27-14(3)20(18-10-15-8-13(2)26-11-19(15)33-18)23(29-24)28-17-9-16(12-30)21(31)22(17)32/h8,10-11,16-17,21-22,30-32H,4-7,9,12H2,1-3H3,(H2,25,27,28,29). The maximum absolute atomic E-state index is 10.6. The Morgan fingerprint density at radius 3 is 2.67 bits per heavy atom. The van der Waals surface area contributed by atoms with E-state index in [4.69, 9.17) is 9.40 Å². The molecule has 4 atom stereocenters. The van der Waals surface area contributed by atoms with Crippen molar-refractivity contribution >= 4 is 22.7 Å². The van der Waals surface area contributed by atoms with E-state index in [2.05, 4.69) is 27.5 Å². The number of nitrogens with zero attached hydrogens (tertiary/aromatic N) is 3. The lowest BCUT2D eigenvalue weighted by Gasteiger charge is -2.21. The fourth-order valence-electron chi connectivity index (χ4n) is 4.43. The maximum Gasteiger partial charge on any atom is 0.224 e. The van der Waals surface area contributed by atoms with E-state index in [1.54, 1.807) is 6.20 Å². The average molecular weight is 456 g/mol. The second-order valence-electron chi connectivity index (χ2n) is 8.87. The number of hydrogen-bond donors (Lipinski definition) is 5. The van der Waals surface area contributed by atoms with E-state index < -0.39 is 24.2 Å². The Bertz CT molecular complexity index is 1100. The van der Waals surface area contributed by atoms with Crippen LogP contribution in [0, 0.1) is 19.8 Å². The van der Waals surface area contributed by atoms with Crippen LogP contribution in [0.4, 0.5) is 11.8 Å². The highest BCUT2D eigenvalue weighted by atomic mass is 16.3. The zero-order valence-electron chi connectivity index (χ0n) is 19.4. The van der Waals surface area contributed by atoms with Crippen molar-refractivity contribution in [2.24, 2.45) is 5.92 Å². The molecule has 3 heterocycles. The summed E-state index contributed by atoms with van der Waals surface area (Å²) in [5.41, 5.74) is 2.98. The molecule has 0 aromatic carbocycles. The van der Waals surface area contributed by atoms with E-state index in [0.717, 1.165) is 42.6 Å². The maximum atomic E-state index is 10.6. The SMILES string of the molecule is CCCCCNc1nc(C)c(-c2cc3cc(C)ncc3o2)c(NC2CC(CO)C(O)C2O)n1. The smallest absolute Gasteiger partial charge is 0.224 e. The number of aryl methyl sites for hydroxylation is 2. The number of anilines is 2. The van der Waals surface area contributed by atoms with Gasteiger partial charge in [-0.1, -0.05) is 19.8 Å². The molecule has 3 aromatic rings. The molecule has 33 heavy (non-hydrogen) atoms. The molecule has 178 valence electrons. The first-order valence-electron chi connectivity index (χ1n) is 11.6. The van der Waals surface area contributed by atoms with E-state index in [9.17, 15) is 15.3 Å². The number of aliphatic hydroxyl groups is 3. The van der Waals surface area contributed by atoms with Crippen LogP contribution in [0.3, 0.4) is 0 Å². The Kier molecular flexibility index (Phi) is 7.11. The topological polar surface area (TPSA) is 137 Å². The average Bonchev–Trinajstić information content (AvgIpc) is 3.31. The van der Waals surface area contributed by atoms with Crippen molar-refractivity contribution < 1.29 is 19.7 Å². The lowest BCUT2D eigenvalue weighted by Crippen LogP contribution is -2.35. The van der Waals surface area contributed by atoms with Crippen molar-refractivity contribution in [3.63, 3.8) is 0 Å². The van der Waals surface area contributed by atoms with Crippen molar-refractivity contribution in [2.75, 3.05) is 23.8 Å². The summed E-state index contributed by atoms with van der Waals surface area (Å²) >= 11 is 0. The van der Waals surface area contributed by atoms with Crippen LogP contribution in [0.2, 0.25) is 0 Å². The number of hydrogen-bond acceptors (Lipinski definition) is 9. The van der Waals surface area contributed by atoms with Crippen LogP contribution in [-0.4, -0.2) is 61.7 Å². The molecule has 4 rings (SSSR count). The highest BCUT2D eigenvalue weighted by Gasteiger charge is 2.41. The fraction of sp³-hybridized carbons (Fsp3) is 0.542. The molecule has 3 aromatic heterocycles. The molecule has 0 saturated heterocycles. The summed E-state index contributed by atoms with van der Waals surface area (Å²) in [7, 11) is 0. The van der Waals surface area contributed by atoms with Gasteiger partial charge in [0.05, 0.1) is 29.6 Å². The molecule has 0 aliphatic heterocycles. The summed E-state index contributed by atoms with van der Waals surface area (Å²) in [5.74, 6) is 1.21. The van der Waals surface area contributed by atoms with Gasteiger partial charge in [-0.05, 0) is 38.8 Å². The molecule has 9 heteroatoms. The molecule has 0 bridgehead atoms. The summed E-state index contributed by atoms with van der Waals surface area (Å²) in [6.07, 6.45) is 3.37. The van der Waals surface area contributed by atoms with Crippen LogP contribution >= 0.6 is 0 Å². The quantitative estimate of drug-likeness (QED) is 0.308. The van der Waals surface area contributed by atoms with Crippen LogP contribution in [0.15, 0.2) is 22.7 Å².